The van der Waals surface area contributed by atoms with Gasteiger partial charge in [-0.05, 0) is 36.1 Å². The van der Waals surface area contributed by atoms with Crippen molar-refractivity contribution in [2.45, 2.75) is 18.4 Å². The van der Waals surface area contributed by atoms with Crippen LogP contribution < -0.4 is 10.5 Å². The number of fused-ring (bicyclic) bond motifs is 1. The molecule has 0 amide bonds. The van der Waals surface area contributed by atoms with Crippen molar-refractivity contribution in [1.82, 2.24) is 0 Å². The second-order valence-electron chi connectivity index (χ2n) is 3.80. The minimum absolute atomic E-state index is 0.449. The highest BCUT2D eigenvalue weighted by molar-refractivity contribution is 5.82. The molecule has 1 aromatic carbocycles. The van der Waals surface area contributed by atoms with Crippen molar-refractivity contribution in [3.8, 4) is 5.75 Å². The highest BCUT2D eigenvalue weighted by Crippen LogP contribution is 2.36. The van der Waals surface area contributed by atoms with Crippen LogP contribution in [0.15, 0.2) is 18.2 Å². The first-order valence-corrected chi connectivity index (χ1v) is 4.77. The van der Waals surface area contributed by atoms with Gasteiger partial charge in [0.25, 0.3) is 0 Å². The summed E-state index contributed by atoms with van der Waals surface area (Å²) < 4.78 is 5.08. The maximum atomic E-state index is 11.1. The fourth-order valence-corrected chi connectivity index (χ4v) is 2.03. The van der Waals surface area contributed by atoms with E-state index in [1.54, 1.807) is 19.2 Å². The van der Waals surface area contributed by atoms with Gasteiger partial charge in [-0.2, -0.15) is 0 Å². The van der Waals surface area contributed by atoms with Crippen LogP contribution in [0.1, 0.15) is 17.5 Å². The molecule has 0 aromatic heterocycles. The largest absolute Gasteiger partial charge is 0.497 e. The normalized spacial score (nSPS) is 23.6. The minimum atomic E-state index is -1.22. The quantitative estimate of drug-likeness (QED) is 0.755. The number of nitrogens with two attached hydrogens (primary N) is 1. The number of hydrogen-bond acceptors (Lipinski definition) is 3. The Bertz CT molecular complexity index is 416. The first-order chi connectivity index (χ1) is 7.08. The van der Waals surface area contributed by atoms with Crippen molar-refractivity contribution in [2.75, 3.05) is 7.11 Å². The smallest absolute Gasteiger partial charge is 0.328 e. The molecule has 0 spiro atoms. The van der Waals surface area contributed by atoms with E-state index in [9.17, 15) is 4.79 Å². The Hall–Kier alpha value is -1.55. The van der Waals surface area contributed by atoms with Gasteiger partial charge in [0.2, 0.25) is 0 Å². The van der Waals surface area contributed by atoms with Gasteiger partial charge in [0, 0.05) is 0 Å². The highest BCUT2D eigenvalue weighted by Gasteiger charge is 2.41. The van der Waals surface area contributed by atoms with E-state index in [0.717, 1.165) is 11.3 Å². The highest BCUT2D eigenvalue weighted by atomic mass is 16.5. The fourth-order valence-electron chi connectivity index (χ4n) is 2.03. The molecule has 1 aromatic rings. The average molecular weight is 207 g/mol. The van der Waals surface area contributed by atoms with Gasteiger partial charge < -0.3 is 15.6 Å². The summed E-state index contributed by atoms with van der Waals surface area (Å²) in [6, 6.07) is 5.34. The Kier molecular flexibility index (Phi) is 2.16. The standard InChI is InChI=1S/C11H13NO3/c1-15-8-2-3-9-7(6-8)4-5-11(9,12)10(13)14/h2-3,6H,4-5,12H2,1H3,(H,13,14). The number of carbonyl (C=O) groups is 1. The zero-order valence-electron chi connectivity index (χ0n) is 8.49. The SMILES string of the molecule is COc1ccc2c(c1)CCC2(N)C(=O)O. The molecule has 1 atom stereocenters. The summed E-state index contributed by atoms with van der Waals surface area (Å²) in [6.07, 6.45) is 1.14. The average Bonchev–Trinajstić information content (AvgIpc) is 2.57. The number of aryl methyl sites for hydroxylation is 1. The van der Waals surface area contributed by atoms with Crippen molar-refractivity contribution in [1.29, 1.82) is 0 Å². The minimum Gasteiger partial charge on any atom is -0.497 e. The van der Waals surface area contributed by atoms with Crippen LogP contribution >= 0.6 is 0 Å². The molecule has 0 fully saturated rings. The van der Waals surface area contributed by atoms with E-state index in [1.165, 1.54) is 0 Å². The molecule has 80 valence electrons. The van der Waals surface area contributed by atoms with Crippen LogP contribution in [0, 0.1) is 0 Å². The second-order valence-corrected chi connectivity index (χ2v) is 3.80. The van der Waals surface area contributed by atoms with Crippen LogP contribution in [-0.4, -0.2) is 18.2 Å². The topological polar surface area (TPSA) is 72.5 Å². The van der Waals surface area contributed by atoms with Crippen molar-refractivity contribution < 1.29 is 14.6 Å². The Labute approximate surface area is 87.7 Å². The van der Waals surface area contributed by atoms with E-state index in [0.29, 0.717) is 18.4 Å². The Morgan fingerprint density at radius 1 is 1.60 bits per heavy atom. The van der Waals surface area contributed by atoms with Crippen molar-refractivity contribution in [3.63, 3.8) is 0 Å². The molecule has 15 heavy (non-hydrogen) atoms. The number of rotatable bonds is 2. The third-order valence-electron chi connectivity index (χ3n) is 2.96. The lowest BCUT2D eigenvalue weighted by atomic mass is 9.93. The van der Waals surface area contributed by atoms with E-state index in [2.05, 4.69) is 0 Å². The number of aliphatic carboxylic acids is 1. The van der Waals surface area contributed by atoms with E-state index in [-0.39, 0.29) is 0 Å². The Balaban J connectivity index is 2.49. The van der Waals surface area contributed by atoms with Gasteiger partial charge in [0.15, 0.2) is 0 Å². The predicted molar refractivity (Wildman–Crippen MR) is 54.8 cm³/mol. The Morgan fingerprint density at radius 2 is 2.33 bits per heavy atom. The summed E-state index contributed by atoms with van der Waals surface area (Å²) in [6.45, 7) is 0. The Morgan fingerprint density at radius 3 is 2.93 bits per heavy atom. The molecular weight excluding hydrogens is 194 g/mol. The van der Waals surface area contributed by atoms with E-state index in [4.69, 9.17) is 15.6 Å². The molecular formula is C11H13NO3. The zero-order valence-corrected chi connectivity index (χ0v) is 8.49. The molecule has 0 saturated heterocycles. The van der Waals surface area contributed by atoms with Crippen LogP contribution in [0.3, 0.4) is 0 Å². The molecule has 4 heteroatoms. The van der Waals surface area contributed by atoms with Gasteiger partial charge in [0.1, 0.15) is 11.3 Å². The van der Waals surface area contributed by atoms with Crippen molar-refractivity contribution >= 4 is 5.97 Å². The third-order valence-corrected chi connectivity index (χ3v) is 2.96. The second kappa shape index (κ2) is 3.24. The van der Waals surface area contributed by atoms with Gasteiger partial charge in [-0.15, -0.1) is 0 Å². The first-order valence-electron chi connectivity index (χ1n) is 4.77. The lowest BCUT2D eigenvalue weighted by Crippen LogP contribution is -2.42. The summed E-state index contributed by atoms with van der Waals surface area (Å²) in [4.78, 5) is 11.1. The van der Waals surface area contributed by atoms with Gasteiger partial charge in [-0.25, -0.2) is 4.79 Å². The summed E-state index contributed by atoms with van der Waals surface area (Å²) in [5.74, 6) is -0.227. The number of benzene rings is 1. The maximum Gasteiger partial charge on any atom is 0.328 e. The summed E-state index contributed by atoms with van der Waals surface area (Å²) >= 11 is 0. The van der Waals surface area contributed by atoms with Gasteiger partial charge in [-0.1, -0.05) is 6.07 Å². The lowest BCUT2D eigenvalue weighted by molar-refractivity contribution is -0.143. The lowest BCUT2D eigenvalue weighted by Gasteiger charge is -2.19. The summed E-state index contributed by atoms with van der Waals surface area (Å²) in [5.41, 5.74) is 6.32. The molecule has 0 aliphatic heterocycles. The van der Waals surface area contributed by atoms with Crippen LogP contribution in [-0.2, 0) is 16.8 Å². The monoisotopic (exact) mass is 207 g/mol. The molecule has 0 radical (unpaired) electrons. The summed E-state index contributed by atoms with van der Waals surface area (Å²) in [7, 11) is 1.59. The third kappa shape index (κ3) is 1.37. The number of carboxylic acids is 1. The van der Waals surface area contributed by atoms with E-state index in [1.807, 2.05) is 6.07 Å². The number of hydrogen-bond donors (Lipinski definition) is 2. The van der Waals surface area contributed by atoms with Crippen LogP contribution in [0.4, 0.5) is 0 Å². The number of carboxylic acid groups (broad SMARTS) is 1. The molecule has 1 unspecified atom stereocenters. The molecule has 0 bridgehead atoms. The number of methoxy groups -OCH3 is 1. The molecule has 0 heterocycles. The molecule has 1 aliphatic carbocycles. The molecule has 1 aliphatic rings. The first kappa shape index (κ1) is 9.98. The molecule has 3 N–H and O–H groups in total. The van der Waals surface area contributed by atoms with Crippen LogP contribution in [0.5, 0.6) is 5.75 Å². The molecule has 4 nitrogen and oxygen atoms in total. The van der Waals surface area contributed by atoms with Gasteiger partial charge in [0.05, 0.1) is 7.11 Å². The van der Waals surface area contributed by atoms with Gasteiger partial charge in [-0.3, -0.25) is 0 Å². The van der Waals surface area contributed by atoms with Gasteiger partial charge >= 0.3 is 5.97 Å². The van der Waals surface area contributed by atoms with Crippen molar-refractivity contribution in [3.05, 3.63) is 29.3 Å². The number of ether oxygens (including phenoxy) is 1. The maximum absolute atomic E-state index is 11.1. The zero-order chi connectivity index (χ0) is 11.1. The van der Waals surface area contributed by atoms with Crippen LogP contribution in [0.25, 0.3) is 0 Å². The van der Waals surface area contributed by atoms with E-state index >= 15 is 0 Å². The van der Waals surface area contributed by atoms with E-state index < -0.39 is 11.5 Å². The molecule has 0 saturated carbocycles. The summed E-state index contributed by atoms with van der Waals surface area (Å²) in [5, 5.41) is 9.09. The predicted octanol–water partition coefficient (Wildman–Crippen LogP) is 0.880. The van der Waals surface area contributed by atoms with Crippen LogP contribution in [0.2, 0.25) is 0 Å². The molecule has 2 rings (SSSR count). The fraction of sp³-hybridized carbons (Fsp3) is 0.364. The van der Waals surface area contributed by atoms with Crippen molar-refractivity contribution in [2.24, 2.45) is 5.73 Å².